The number of hydrogen-bond donors (Lipinski definition) is 0. The number of hydrogen-bond acceptors (Lipinski definition) is 4. The number of ether oxygens (including phenoxy) is 1. The van der Waals surface area contributed by atoms with Crippen LogP contribution in [0.4, 0.5) is 8.78 Å². The van der Waals surface area contributed by atoms with Crippen LogP contribution in [0.1, 0.15) is 22.4 Å². The van der Waals surface area contributed by atoms with Gasteiger partial charge in [-0.2, -0.15) is 4.98 Å². The van der Waals surface area contributed by atoms with Crippen molar-refractivity contribution in [3.05, 3.63) is 76.5 Å². The second-order valence-electron chi connectivity index (χ2n) is 5.97. The highest BCUT2D eigenvalue weighted by Crippen LogP contribution is 2.27. The molecule has 0 amide bonds. The molecule has 134 valence electrons. The largest absolute Gasteiger partial charge is 0.439 e. The van der Waals surface area contributed by atoms with Crippen molar-refractivity contribution in [2.45, 2.75) is 31.7 Å². The highest BCUT2D eigenvalue weighted by atomic mass is 32.2. The molecule has 0 spiro atoms. The second-order valence-corrected chi connectivity index (χ2v) is 6.91. The first-order chi connectivity index (χ1) is 12.4. The summed E-state index contributed by atoms with van der Waals surface area (Å²) in [4.78, 5) is 8.65. The molecule has 1 aromatic heterocycles. The zero-order chi connectivity index (χ0) is 18.7. The molecule has 0 saturated carbocycles. The van der Waals surface area contributed by atoms with Gasteiger partial charge in [-0.1, -0.05) is 23.9 Å². The lowest BCUT2D eigenvalue weighted by Crippen LogP contribution is -1.97. The minimum atomic E-state index is -0.572. The Morgan fingerprint density at radius 3 is 2.35 bits per heavy atom. The van der Waals surface area contributed by atoms with Gasteiger partial charge in [-0.3, -0.25) is 0 Å². The molecule has 0 aliphatic carbocycles. The SMILES string of the molecule is Cc1cc(Oc2ccc(C)c(C)c2)nc(SCc2c(F)cccc2F)n1. The molecule has 0 aliphatic heterocycles. The van der Waals surface area contributed by atoms with Crippen LogP contribution in [0.3, 0.4) is 0 Å². The molecule has 0 bridgehead atoms. The van der Waals surface area contributed by atoms with Gasteiger partial charge in [0.05, 0.1) is 0 Å². The van der Waals surface area contributed by atoms with E-state index in [0.717, 1.165) is 23.0 Å². The van der Waals surface area contributed by atoms with Gasteiger partial charge in [0.15, 0.2) is 5.16 Å². The molecule has 3 nitrogen and oxygen atoms in total. The Bertz CT molecular complexity index is 927. The lowest BCUT2D eigenvalue weighted by molar-refractivity contribution is 0.454. The third kappa shape index (κ3) is 4.38. The van der Waals surface area contributed by atoms with Crippen molar-refractivity contribution in [3.8, 4) is 11.6 Å². The van der Waals surface area contributed by atoms with Crippen LogP contribution in [0.5, 0.6) is 11.6 Å². The minimum absolute atomic E-state index is 0.0132. The Kier molecular flexibility index (Phi) is 5.52. The molecule has 0 aliphatic rings. The van der Waals surface area contributed by atoms with Gasteiger partial charge in [-0.15, -0.1) is 0 Å². The second kappa shape index (κ2) is 7.83. The molecule has 0 saturated heterocycles. The first-order valence-corrected chi connectivity index (χ1v) is 9.07. The van der Waals surface area contributed by atoms with Crippen LogP contribution in [0.15, 0.2) is 47.6 Å². The van der Waals surface area contributed by atoms with E-state index in [4.69, 9.17) is 4.74 Å². The van der Waals surface area contributed by atoms with Crippen LogP contribution < -0.4 is 4.74 Å². The van der Waals surface area contributed by atoms with Crippen LogP contribution in [0.2, 0.25) is 0 Å². The lowest BCUT2D eigenvalue weighted by atomic mass is 10.1. The van der Waals surface area contributed by atoms with Gasteiger partial charge in [0.1, 0.15) is 17.4 Å². The van der Waals surface area contributed by atoms with Gasteiger partial charge in [0.2, 0.25) is 5.88 Å². The van der Waals surface area contributed by atoms with Crippen LogP contribution >= 0.6 is 11.8 Å². The summed E-state index contributed by atoms with van der Waals surface area (Å²) < 4.78 is 33.3. The first-order valence-electron chi connectivity index (χ1n) is 8.09. The molecule has 0 atom stereocenters. The maximum absolute atomic E-state index is 13.8. The molecule has 2 aromatic carbocycles. The van der Waals surface area contributed by atoms with Gasteiger partial charge in [0.25, 0.3) is 0 Å². The Labute approximate surface area is 155 Å². The number of aryl methyl sites for hydroxylation is 3. The molecular weight excluding hydrogens is 354 g/mol. The third-order valence-electron chi connectivity index (χ3n) is 3.92. The summed E-state index contributed by atoms with van der Waals surface area (Å²) >= 11 is 1.16. The number of rotatable bonds is 5. The van der Waals surface area contributed by atoms with Crippen molar-refractivity contribution in [3.63, 3.8) is 0 Å². The summed E-state index contributed by atoms with van der Waals surface area (Å²) in [6, 6.07) is 11.3. The summed E-state index contributed by atoms with van der Waals surface area (Å²) in [6.45, 7) is 5.87. The summed E-state index contributed by atoms with van der Waals surface area (Å²) in [5, 5.41) is 0.409. The predicted octanol–water partition coefficient (Wildman–Crippen LogP) is 5.76. The van der Waals surface area contributed by atoms with E-state index in [0.29, 0.717) is 16.8 Å². The highest BCUT2D eigenvalue weighted by Gasteiger charge is 2.11. The van der Waals surface area contributed by atoms with E-state index in [9.17, 15) is 8.78 Å². The van der Waals surface area contributed by atoms with Crippen LogP contribution in [0.25, 0.3) is 0 Å². The van der Waals surface area contributed by atoms with Crippen LogP contribution in [0, 0.1) is 32.4 Å². The minimum Gasteiger partial charge on any atom is -0.439 e. The van der Waals surface area contributed by atoms with Gasteiger partial charge >= 0.3 is 0 Å². The fourth-order valence-corrected chi connectivity index (χ4v) is 3.25. The zero-order valence-electron chi connectivity index (χ0n) is 14.7. The summed E-state index contributed by atoms with van der Waals surface area (Å²) in [6.07, 6.45) is 0. The van der Waals surface area contributed by atoms with E-state index >= 15 is 0 Å². The normalized spacial score (nSPS) is 10.8. The molecule has 0 fully saturated rings. The van der Waals surface area contributed by atoms with Crippen molar-refractivity contribution in [1.82, 2.24) is 9.97 Å². The average Bonchev–Trinajstić information content (AvgIpc) is 2.57. The smallest absolute Gasteiger partial charge is 0.223 e. The van der Waals surface area contributed by atoms with Crippen molar-refractivity contribution < 1.29 is 13.5 Å². The van der Waals surface area contributed by atoms with E-state index < -0.39 is 11.6 Å². The molecule has 0 unspecified atom stereocenters. The predicted molar refractivity (Wildman–Crippen MR) is 98.7 cm³/mol. The van der Waals surface area contributed by atoms with E-state index in [1.807, 2.05) is 39.0 Å². The molecule has 6 heteroatoms. The van der Waals surface area contributed by atoms with Crippen LogP contribution in [-0.2, 0) is 5.75 Å². The van der Waals surface area contributed by atoms with Gasteiger partial charge in [-0.05, 0) is 56.2 Å². The topological polar surface area (TPSA) is 35.0 Å². The number of halogens is 2. The third-order valence-corrected chi connectivity index (χ3v) is 4.79. The zero-order valence-corrected chi connectivity index (χ0v) is 15.5. The van der Waals surface area contributed by atoms with E-state index in [2.05, 4.69) is 9.97 Å². The van der Waals surface area contributed by atoms with E-state index in [1.165, 1.54) is 23.8 Å². The molecule has 0 N–H and O–H groups in total. The molecule has 1 heterocycles. The standard InChI is InChI=1S/C20H18F2N2OS/c1-12-7-8-15(9-13(12)2)25-19-10-14(3)23-20(24-19)26-11-16-17(21)5-4-6-18(16)22/h4-10H,11H2,1-3H3. The average molecular weight is 372 g/mol. The Morgan fingerprint density at radius 2 is 1.65 bits per heavy atom. The monoisotopic (exact) mass is 372 g/mol. The summed E-state index contributed by atoms with van der Waals surface area (Å²) in [5.41, 5.74) is 3.03. The molecule has 3 aromatic rings. The summed E-state index contributed by atoms with van der Waals surface area (Å²) in [5.74, 6) is 0.0403. The molecular formula is C20H18F2N2OS. The van der Waals surface area contributed by atoms with Crippen molar-refractivity contribution in [2.24, 2.45) is 0 Å². The van der Waals surface area contributed by atoms with Gasteiger partial charge < -0.3 is 4.74 Å². The highest BCUT2D eigenvalue weighted by molar-refractivity contribution is 7.98. The fraction of sp³-hybridized carbons (Fsp3) is 0.200. The van der Waals surface area contributed by atoms with E-state index in [1.54, 1.807) is 6.07 Å². The molecule has 0 radical (unpaired) electrons. The Balaban J connectivity index is 1.78. The first kappa shape index (κ1) is 18.3. The van der Waals surface area contributed by atoms with Crippen molar-refractivity contribution in [1.29, 1.82) is 0 Å². The number of nitrogens with zero attached hydrogens (tertiary/aromatic N) is 2. The Morgan fingerprint density at radius 1 is 0.923 bits per heavy atom. The quantitative estimate of drug-likeness (QED) is 0.421. The lowest BCUT2D eigenvalue weighted by Gasteiger charge is -2.09. The van der Waals surface area contributed by atoms with Gasteiger partial charge in [0, 0.05) is 23.1 Å². The number of thioether (sulfide) groups is 1. The van der Waals surface area contributed by atoms with Crippen molar-refractivity contribution in [2.75, 3.05) is 0 Å². The molecule has 26 heavy (non-hydrogen) atoms. The van der Waals surface area contributed by atoms with E-state index in [-0.39, 0.29) is 11.3 Å². The van der Waals surface area contributed by atoms with Gasteiger partial charge in [-0.25, -0.2) is 13.8 Å². The summed E-state index contributed by atoms with van der Waals surface area (Å²) in [7, 11) is 0. The number of aromatic nitrogens is 2. The number of benzene rings is 2. The molecule has 3 rings (SSSR count). The van der Waals surface area contributed by atoms with Crippen LogP contribution in [-0.4, -0.2) is 9.97 Å². The maximum Gasteiger partial charge on any atom is 0.223 e. The fourth-order valence-electron chi connectivity index (χ4n) is 2.34. The Hall–Kier alpha value is -2.47. The van der Waals surface area contributed by atoms with Crippen molar-refractivity contribution >= 4 is 11.8 Å². The maximum atomic E-state index is 13.8.